The smallest absolute Gasteiger partial charge is 0.0995 e. The summed E-state index contributed by atoms with van der Waals surface area (Å²) in [6, 6.07) is 19.0. The molecule has 41 heavy (non-hydrogen) atoms. The number of aromatic nitrogens is 1. The highest BCUT2D eigenvalue weighted by molar-refractivity contribution is 6.24. The van der Waals surface area contributed by atoms with Gasteiger partial charge in [-0.25, -0.2) is 0 Å². The van der Waals surface area contributed by atoms with Crippen molar-refractivity contribution < 1.29 is 0 Å². The fourth-order valence-corrected chi connectivity index (χ4v) is 9.83. The second-order valence-electron chi connectivity index (χ2n) is 16.0. The van der Waals surface area contributed by atoms with Gasteiger partial charge in [0.2, 0.25) is 0 Å². The van der Waals surface area contributed by atoms with E-state index in [0.29, 0.717) is 0 Å². The molecule has 0 unspecified atom stereocenters. The third-order valence-corrected chi connectivity index (χ3v) is 11.2. The summed E-state index contributed by atoms with van der Waals surface area (Å²) in [5.74, 6) is 2.65. The Bertz CT molecular complexity index is 1850. The van der Waals surface area contributed by atoms with E-state index in [1.807, 2.05) is 0 Å². The van der Waals surface area contributed by atoms with Gasteiger partial charge in [0.25, 0.3) is 0 Å². The Morgan fingerprint density at radius 2 is 1.05 bits per heavy atom. The van der Waals surface area contributed by atoms with Crippen LogP contribution in [0.5, 0.6) is 0 Å². The molecule has 0 N–H and O–H groups in total. The number of fused-ring (bicyclic) bond motifs is 6. The quantitative estimate of drug-likeness (QED) is 0.214. The van der Waals surface area contributed by atoms with E-state index >= 15 is 0 Å². The van der Waals surface area contributed by atoms with Crippen molar-refractivity contribution in [3.05, 3.63) is 64.2 Å². The van der Waals surface area contributed by atoms with E-state index in [4.69, 9.17) is 0 Å². The van der Waals surface area contributed by atoms with E-state index in [-0.39, 0.29) is 16.2 Å². The summed E-state index contributed by atoms with van der Waals surface area (Å²) >= 11 is 0. The normalized spacial score (nSPS) is 26.0. The van der Waals surface area contributed by atoms with Crippen LogP contribution >= 0.6 is 0 Å². The first-order valence-corrected chi connectivity index (χ1v) is 15.6. The maximum atomic E-state index is 10.2. The summed E-state index contributed by atoms with van der Waals surface area (Å²) < 4.78 is 2.36. The molecule has 4 bridgehead atoms. The number of nitriles is 2. The van der Waals surface area contributed by atoms with E-state index in [1.54, 1.807) is 0 Å². The van der Waals surface area contributed by atoms with Gasteiger partial charge in [-0.1, -0.05) is 41.5 Å². The van der Waals surface area contributed by atoms with Gasteiger partial charge in [-0.05, 0) is 126 Å². The summed E-state index contributed by atoms with van der Waals surface area (Å²) in [7, 11) is 0. The number of hydrogen-bond acceptors (Lipinski definition) is 2. The molecule has 0 saturated heterocycles. The van der Waals surface area contributed by atoms with E-state index in [0.717, 1.165) is 51.0 Å². The van der Waals surface area contributed by atoms with Crippen molar-refractivity contribution in [3.8, 4) is 12.1 Å². The minimum Gasteiger partial charge on any atom is -0.308 e. The van der Waals surface area contributed by atoms with Gasteiger partial charge in [0.15, 0.2) is 0 Å². The van der Waals surface area contributed by atoms with Crippen LogP contribution in [0.25, 0.3) is 38.1 Å². The first-order chi connectivity index (χ1) is 19.4. The van der Waals surface area contributed by atoms with Crippen molar-refractivity contribution in [1.82, 2.24) is 4.40 Å². The Balaban J connectivity index is 1.54. The molecule has 0 spiro atoms. The van der Waals surface area contributed by atoms with Gasteiger partial charge in [-0.2, -0.15) is 10.5 Å². The van der Waals surface area contributed by atoms with Gasteiger partial charge in [-0.3, -0.25) is 0 Å². The lowest BCUT2D eigenvalue weighted by molar-refractivity contribution is -0.00508. The van der Waals surface area contributed by atoms with Gasteiger partial charge in [0.05, 0.1) is 39.8 Å². The SMILES string of the molecule is CC(C)(C)c1cc2c3cc(C45CC6CC(CC(C6)C4)C5)cc4c5cc(C(C)(C)C)c(C#N)cc5n(c2cc1C#N)c34. The third-order valence-electron chi connectivity index (χ3n) is 11.2. The molecule has 3 aromatic carbocycles. The first kappa shape index (κ1) is 25.2. The average Bonchev–Trinajstić information content (AvgIpc) is 3.40. The van der Waals surface area contributed by atoms with Crippen LogP contribution in [0.4, 0.5) is 0 Å². The number of benzene rings is 3. The van der Waals surface area contributed by atoms with Gasteiger partial charge >= 0.3 is 0 Å². The molecule has 0 aliphatic heterocycles. The highest BCUT2D eigenvalue weighted by atomic mass is 14.9. The van der Waals surface area contributed by atoms with Crippen molar-refractivity contribution in [3.63, 3.8) is 0 Å². The maximum Gasteiger partial charge on any atom is 0.0995 e. The summed E-state index contributed by atoms with van der Waals surface area (Å²) in [4.78, 5) is 0. The van der Waals surface area contributed by atoms with Crippen LogP contribution in [-0.2, 0) is 16.2 Å². The minimum absolute atomic E-state index is 0.133. The number of nitrogens with zero attached hydrogens (tertiary/aromatic N) is 3. The van der Waals surface area contributed by atoms with Crippen LogP contribution in [0.1, 0.15) is 108 Å². The van der Waals surface area contributed by atoms with E-state index in [9.17, 15) is 10.5 Å². The van der Waals surface area contributed by atoms with Crippen LogP contribution in [0.2, 0.25) is 0 Å². The largest absolute Gasteiger partial charge is 0.308 e. The van der Waals surface area contributed by atoms with E-state index in [2.05, 4.69) is 94.5 Å². The molecule has 4 aliphatic rings. The molecule has 0 radical (unpaired) electrons. The molecule has 3 heteroatoms. The Kier molecular flexibility index (Phi) is 4.81. The van der Waals surface area contributed by atoms with Gasteiger partial charge < -0.3 is 4.40 Å². The first-order valence-electron chi connectivity index (χ1n) is 15.6. The van der Waals surface area contributed by atoms with E-state index < -0.39 is 0 Å². The van der Waals surface area contributed by atoms with Crippen LogP contribution in [0.3, 0.4) is 0 Å². The van der Waals surface area contributed by atoms with Crippen molar-refractivity contribution in [2.24, 2.45) is 17.8 Å². The lowest BCUT2D eigenvalue weighted by atomic mass is 9.48. The highest BCUT2D eigenvalue weighted by Crippen LogP contribution is 2.61. The summed E-state index contributed by atoms with van der Waals surface area (Å²) in [5, 5.41) is 25.6. The highest BCUT2D eigenvalue weighted by Gasteiger charge is 2.51. The lowest BCUT2D eigenvalue weighted by Gasteiger charge is -2.57. The second-order valence-corrected chi connectivity index (χ2v) is 16.0. The van der Waals surface area contributed by atoms with Crippen LogP contribution in [0, 0.1) is 40.4 Å². The van der Waals surface area contributed by atoms with Crippen molar-refractivity contribution >= 4 is 38.1 Å². The molecule has 9 rings (SSSR count). The molecule has 2 heterocycles. The van der Waals surface area contributed by atoms with Gasteiger partial charge in [-0.15, -0.1) is 0 Å². The molecule has 3 nitrogen and oxygen atoms in total. The monoisotopic (exact) mass is 537 g/mol. The fraction of sp³-hybridized carbons (Fsp3) is 0.474. The predicted molar refractivity (Wildman–Crippen MR) is 168 cm³/mol. The summed E-state index contributed by atoms with van der Waals surface area (Å²) in [6.45, 7) is 13.2. The molecular weight excluding hydrogens is 498 g/mol. The lowest BCUT2D eigenvalue weighted by Crippen LogP contribution is -2.48. The zero-order valence-electron chi connectivity index (χ0n) is 25.3. The Labute approximate surface area is 243 Å². The zero-order chi connectivity index (χ0) is 28.6. The molecule has 2 aromatic heterocycles. The standard InChI is InChI=1S/C38H39N3/c1-36(2,3)31-14-27-29-12-26(38-16-21-7-22(17-38)9-23(8-21)18-38)13-30-28-15-32(37(4,5)6)25(20-40)11-34(28)41(35(29)30)33(27)10-24(31)19-39/h10-15,21-23H,7-9,16-18H2,1-6H3. The molecule has 4 fully saturated rings. The molecule has 5 aromatic rings. The van der Waals surface area contributed by atoms with Gasteiger partial charge in [0, 0.05) is 21.5 Å². The Hall–Kier alpha value is -3.56. The van der Waals surface area contributed by atoms with Gasteiger partial charge in [0.1, 0.15) is 0 Å². The zero-order valence-corrected chi connectivity index (χ0v) is 25.3. The Morgan fingerprint density at radius 3 is 1.41 bits per heavy atom. The molecule has 0 amide bonds. The van der Waals surface area contributed by atoms with E-state index in [1.165, 1.54) is 71.1 Å². The topological polar surface area (TPSA) is 52.0 Å². The number of hydrogen-bond donors (Lipinski definition) is 0. The molecular formula is C38H39N3. The van der Waals surface area contributed by atoms with Crippen LogP contribution in [-0.4, -0.2) is 4.40 Å². The number of rotatable bonds is 1. The Morgan fingerprint density at radius 1 is 0.634 bits per heavy atom. The van der Waals surface area contributed by atoms with Crippen molar-refractivity contribution in [2.45, 2.75) is 96.3 Å². The van der Waals surface area contributed by atoms with Crippen LogP contribution < -0.4 is 0 Å². The summed E-state index contributed by atoms with van der Waals surface area (Å²) in [5.41, 5.74) is 8.67. The molecule has 0 atom stereocenters. The molecule has 206 valence electrons. The molecule has 4 aliphatic carbocycles. The van der Waals surface area contributed by atoms with Crippen molar-refractivity contribution in [1.29, 1.82) is 10.5 Å². The third kappa shape index (κ3) is 3.36. The minimum atomic E-state index is -0.133. The second kappa shape index (κ2) is 7.83. The van der Waals surface area contributed by atoms with Crippen LogP contribution in [0.15, 0.2) is 36.4 Å². The fourth-order valence-electron chi connectivity index (χ4n) is 9.83. The average molecular weight is 538 g/mol. The van der Waals surface area contributed by atoms with Crippen molar-refractivity contribution in [2.75, 3.05) is 0 Å². The predicted octanol–water partition coefficient (Wildman–Crippen LogP) is 9.64. The summed E-state index contributed by atoms with van der Waals surface area (Å²) in [6.07, 6.45) is 8.32. The molecule has 4 saturated carbocycles. The maximum absolute atomic E-state index is 10.2.